The second kappa shape index (κ2) is 4.36. The normalized spacial score (nSPS) is 25.2. The van der Waals surface area contributed by atoms with Crippen LogP contribution in [0.15, 0.2) is 0 Å². The fourth-order valence-electron chi connectivity index (χ4n) is 1.68. The number of hydrogen-bond acceptors (Lipinski definition) is 3. The number of carbonyl (C=O) groups is 2. The van der Waals surface area contributed by atoms with E-state index in [0.29, 0.717) is 6.29 Å². The molecule has 1 aliphatic heterocycles. The monoisotopic (exact) mass is 169 g/mol. The van der Waals surface area contributed by atoms with Crippen LogP contribution in [0.1, 0.15) is 19.3 Å². The van der Waals surface area contributed by atoms with Gasteiger partial charge in [-0.1, -0.05) is 0 Å². The summed E-state index contributed by atoms with van der Waals surface area (Å²) in [7, 11) is 2.01. The van der Waals surface area contributed by atoms with Crippen LogP contribution in [-0.4, -0.2) is 37.1 Å². The number of aldehydes is 1. The molecule has 1 unspecified atom stereocenters. The topological polar surface area (TPSA) is 37.4 Å². The van der Waals surface area contributed by atoms with E-state index in [-0.39, 0.29) is 18.1 Å². The van der Waals surface area contributed by atoms with Crippen molar-refractivity contribution in [3.8, 4) is 0 Å². The highest BCUT2D eigenvalue weighted by atomic mass is 16.1. The zero-order valence-electron chi connectivity index (χ0n) is 7.45. The number of ketones is 1. The summed E-state index contributed by atoms with van der Waals surface area (Å²) in [5.41, 5.74) is 0. The molecule has 0 saturated carbocycles. The van der Waals surface area contributed by atoms with E-state index in [1.165, 1.54) is 0 Å². The van der Waals surface area contributed by atoms with Crippen LogP contribution in [0.4, 0.5) is 0 Å². The second-order valence-corrected chi connectivity index (χ2v) is 3.44. The van der Waals surface area contributed by atoms with Gasteiger partial charge in [-0.2, -0.15) is 0 Å². The summed E-state index contributed by atoms with van der Waals surface area (Å²) in [6.45, 7) is 1.90. The third-order valence-corrected chi connectivity index (χ3v) is 2.36. The smallest absolute Gasteiger partial charge is 0.144 e. The standard InChI is InChI=1S/C9H15NO2/c1-10-5-2-3-8(7-10)9(12)4-6-11/h6,8H,2-5,7H2,1H3. The van der Waals surface area contributed by atoms with Gasteiger partial charge in [-0.25, -0.2) is 0 Å². The van der Waals surface area contributed by atoms with Gasteiger partial charge in [0.25, 0.3) is 0 Å². The fraction of sp³-hybridized carbons (Fsp3) is 0.778. The molecule has 3 nitrogen and oxygen atoms in total. The number of rotatable bonds is 3. The molecule has 0 bridgehead atoms. The van der Waals surface area contributed by atoms with E-state index in [2.05, 4.69) is 4.90 Å². The summed E-state index contributed by atoms with van der Waals surface area (Å²) >= 11 is 0. The first-order chi connectivity index (χ1) is 5.74. The van der Waals surface area contributed by atoms with Crippen molar-refractivity contribution in [1.82, 2.24) is 4.90 Å². The fourth-order valence-corrected chi connectivity index (χ4v) is 1.68. The Morgan fingerprint density at radius 1 is 1.67 bits per heavy atom. The van der Waals surface area contributed by atoms with Gasteiger partial charge in [0.15, 0.2) is 0 Å². The maximum Gasteiger partial charge on any atom is 0.144 e. The van der Waals surface area contributed by atoms with E-state index < -0.39 is 0 Å². The van der Waals surface area contributed by atoms with Crippen LogP contribution in [0.25, 0.3) is 0 Å². The van der Waals surface area contributed by atoms with E-state index in [0.717, 1.165) is 25.9 Å². The quantitative estimate of drug-likeness (QED) is 0.455. The molecule has 68 valence electrons. The van der Waals surface area contributed by atoms with Crippen LogP contribution >= 0.6 is 0 Å². The molecule has 1 aliphatic rings. The lowest BCUT2D eigenvalue weighted by atomic mass is 9.93. The van der Waals surface area contributed by atoms with Crippen LogP contribution < -0.4 is 0 Å². The van der Waals surface area contributed by atoms with Gasteiger partial charge in [0.2, 0.25) is 0 Å². The van der Waals surface area contributed by atoms with Crippen molar-refractivity contribution in [1.29, 1.82) is 0 Å². The number of likely N-dealkylation sites (tertiary alicyclic amines) is 1. The summed E-state index contributed by atoms with van der Waals surface area (Å²) in [5, 5.41) is 0. The third-order valence-electron chi connectivity index (χ3n) is 2.36. The van der Waals surface area contributed by atoms with Crippen molar-refractivity contribution >= 4 is 12.1 Å². The lowest BCUT2D eigenvalue weighted by Crippen LogP contribution is -2.36. The lowest BCUT2D eigenvalue weighted by molar-refractivity contribution is -0.126. The lowest BCUT2D eigenvalue weighted by Gasteiger charge is -2.28. The molecule has 0 aromatic rings. The summed E-state index contributed by atoms with van der Waals surface area (Å²) < 4.78 is 0. The maximum atomic E-state index is 11.3. The number of hydrogen-bond donors (Lipinski definition) is 0. The molecule has 0 amide bonds. The Morgan fingerprint density at radius 2 is 2.42 bits per heavy atom. The average Bonchev–Trinajstić information content (AvgIpc) is 2.05. The van der Waals surface area contributed by atoms with Crippen LogP contribution in [0.3, 0.4) is 0 Å². The second-order valence-electron chi connectivity index (χ2n) is 3.44. The Hall–Kier alpha value is -0.700. The molecule has 1 rings (SSSR count). The van der Waals surface area contributed by atoms with Crippen molar-refractivity contribution in [3.05, 3.63) is 0 Å². The highest BCUT2D eigenvalue weighted by Gasteiger charge is 2.22. The summed E-state index contributed by atoms with van der Waals surface area (Å²) in [6.07, 6.45) is 2.83. The first kappa shape index (κ1) is 9.39. The number of nitrogens with zero attached hydrogens (tertiary/aromatic N) is 1. The molecule has 0 aromatic heterocycles. The molecule has 0 radical (unpaired) electrons. The molecule has 1 fully saturated rings. The van der Waals surface area contributed by atoms with E-state index in [1.807, 2.05) is 7.05 Å². The molecule has 0 aliphatic carbocycles. The van der Waals surface area contributed by atoms with Crippen LogP contribution in [0.2, 0.25) is 0 Å². The average molecular weight is 169 g/mol. The Balaban J connectivity index is 2.39. The van der Waals surface area contributed by atoms with Crippen molar-refractivity contribution in [2.24, 2.45) is 5.92 Å². The van der Waals surface area contributed by atoms with Crippen molar-refractivity contribution < 1.29 is 9.59 Å². The number of Topliss-reactive ketones (excluding diaryl/α,β-unsaturated/α-hetero) is 1. The van der Waals surface area contributed by atoms with Crippen LogP contribution in [0, 0.1) is 5.92 Å². The van der Waals surface area contributed by atoms with Crippen LogP contribution in [-0.2, 0) is 9.59 Å². The summed E-state index contributed by atoms with van der Waals surface area (Å²) in [6, 6.07) is 0. The molecule has 0 spiro atoms. The van der Waals surface area contributed by atoms with E-state index >= 15 is 0 Å². The number of carbonyl (C=O) groups excluding carboxylic acids is 2. The van der Waals surface area contributed by atoms with Gasteiger partial charge >= 0.3 is 0 Å². The van der Waals surface area contributed by atoms with E-state index in [1.54, 1.807) is 0 Å². The molecule has 0 N–H and O–H groups in total. The van der Waals surface area contributed by atoms with Crippen molar-refractivity contribution in [2.45, 2.75) is 19.3 Å². The molecular weight excluding hydrogens is 154 g/mol. The van der Waals surface area contributed by atoms with Crippen molar-refractivity contribution in [2.75, 3.05) is 20.1 Å². The van der Waals surface area contributed by atoms with Gasteiger partial charge in [-0.3, -0.25) is 4.79 Å². The Labute approximate surface area is 72.7 Å². The Bertz CT molecular complexity index is 179. The molecule has 3 heteroatoms. The molecular formula is C9H15NO2. The minimum Gasteiger partial charge on any atom is -0.306 e. The molecule has 1 saturated heterocycles. The molecule has 1 heterocycles. The Morgan fingerprint density at radius 3 is 3.00 bits per heavy atom. The minimum absolute atomic E-state index is 0.0957. The van der Waals surface area contributed by atoms with E-state index in [9.17, 15) is 9.59 Å². The first-order valence-electron chi connectivity index (χ1n) is 4.39. The summed E-state index contributed by atoms with van der Waals surface area (Å²) in [4.78, 5) is 23.5. The molecule has 1 atom stereocenters. The Kier molecular flexibility index (Phi) is 3.41. The van der Waals surface area contributed by atoms with Gasteiger partial charge in [0.1, 0.15) is 12.1 Å². The minimum atomic E-state index is 0.0957. The first-order valence-corrected chi connectivity index (χ1v) is 4.39. The van der Waals surface area contributed by atoms with E-state index in [4.69, 9.17) is 0 Å². The SMILES string of the molecule is CN1CCCC(C(=O)CC=O)C1. The zero-order valence-corrected chi connectivity index (χ0v) is 7.45. The largest absolute Gasteiger partial charge is 0.306 e. The molecule has 12 heavy (non-hydrogen) atoms. The van der Waals surface area contributed by atoms with Gasteiger partial charge in [0, 0.05) is 12.5 Å². The van der Waals surface area contributed by atoms with Crippen molar-refractivity contribution in [3.63, 3.8) is 0 Å². The van der Waals surface area contributed by atoms with Crippen LogP contribution in [0.5, 0.6) is 0 Å². The summed E-state index contributed by atoms with van der Waals surface area (Å²) in [5.74, 6) is 0.213. The highest BCUT2D eigenvalue weighted by molar-refractivity contribution is 5.91. The predicted octanol–water partition coefficient (Wildman–Crippen LogP) is 0.486. The van der Waals surface area contributed by atoms with Gasteiger partial charge in [-0.05, 0) is 26.4 Å². The zero-order chi connectivity index (χ0) is 8.97. The molecule has 0 aromatic carbocycles. The van der Waals surface area contributed by atoms with Gasteiger partial charge < -0.3 is 9.69 Å². The van der Waals surface area contributed by atoms with Gasteiger partial charge in [0.05, 0.1) is 6.42 Å². The van der Waals surface area contributed by atoms with Gasteiger partial charge in [-0.15, -0.1) is 0 Å². The highest BCUT2D eigenvalue weighted by Crippen LogP contribution is 2.16. The third kappa shape index (κ3) is 2.41. The maximum absolute atomic E-state index is 11.3. The predicted molar refractivity (Wildman–Crippen MR) is 45.9 cm³/mol. The number of piperidine rings is 1.